The number of aromatic amines is 1. The van der Waals surface area contributed by atoms with Gasteiger partial charge in [-0.15, -0.1) is 11.8 Å². The minimum absolute atomic E-state index is 0.109. The largest absolute Gasteiger partial charge is 0.376 e. The number of nitrogens with zero attached hydrogens (tertiary/aromatic N) is 1. The fourth-order valence-corrected chi connectivity index (χ4v) is 6.22. The number of rotatable bonds is 11. The van der Waals surface area contributed by atoms with Crippen LogP contribution in [-0.4, -0.2) is 33.6 Å². The molecule has 4 aromatic rings. The number of H-pyrrole nitrogens is 1. The van der Waals surface area contributed by atoms with Crippen molar-refractivity contribution in [3.05, 3.63) is 140 Å². The highest BCUT2D eigenvalue weighted by Crippen LogP contribution is 2.45. The molecule has 4 atom stereocenters. The van der Waals surface area contributed by atoms with E-state index < -0.39 is 17.2 Å². The highest BCUT2D eigenvalue weighted by molar-refractivity contribution is 8.00. The summed E-state index contributed by atoms with van der Waals surface area (Å²) in [7, 11) is 0. The Morgan fingerprint density at radius 1 is 0.744 bits per heavy atom. The van der Waals surface area contributed by atoms with Crippen LogP contribution in [0.4, 0.5) is 0 Å². The van der Waals surface area contributed by atoms with E-state index in [4.69, 9.17) is 14.2 Å². The molecule has 0 unspecified atom stereocenters. The zero-order valence-corrected chi connectivity index (χ0v) is 22.6. The second kappa shape index (κ2) is 13.1. The van der Waals surface area contributed by atoms with Crippen molar-refractivity contribution in [2.75, 3.05) is 6.61 Å². The minimum atomic E-state index is -0.468. The normalized spacial score (nSPS) is 20.7. The van der Waals surface area contributed by atoms with Gasteiger partial charge in [0.15, 0.2) is 0 Å². The van der Waals surface area contributed by atoms with Crippen LogP contribution in [0.3, 0.4) is 0 Å². The molecule has 0 amide bonds. The van der Waals surface area contributed by atoms with Crippen LogP contribution in [0.5, 0.6) is 0 Å². The highest BCUT2D eigenvalue weighted by Gasteiger charge is 2.47. The van der Waals surface area contributed by atoms with Crippen molar-refractivity contribution in [3.63, 3.8) is 0 Å². The lowest BCUT2D eigenvalue weighted by Crippen LogP contribution is -2.41. The Labute approximate surface area is 231 Å². The average Bonchev–Trinajstić information content (AvgIpc) is 3.31. The summed E-state index contributed by atoms with van der Waals surface area (Å²) in [6.07, 6.45) is 0.783. The molecule has 0 spiro atoms. The van der Waals surface area contributed by atoms with E-state index in [-0.39, 0.29) is 16.9 Å². The third-order valence-electron chi connectivity index (χ3n) is 6.67. The molecular weight excluding hydrogens is 512 g/mol. The van der Waals surface area contributed by atoms with E-state index in [0.717, 1.165) is 16.7 Å². The molecule has 39 heavy (non-hydrogen) atoms. The van der Waals surface area contributed by atoms with Crippen LogP contribution in [0, 0.1) is 6.92 Å². The van der Waals surface area contributed by atoms with Crippen LogP contribution in [0.2, 0.25) is 0 Å². The van der Waals surface area contributed by atoms with E-state index in [1.54, 1.807) is 29.4 Å². The molecule has 1 aliphatic rings. The number of ether oxygens (including phenoxy) is 3. The molecule has 0 aliphatic carbocycles. The predicted molar refractivity (Wildman–Crippen MR) is 153 cm³/mol. The Hall–Kier alpha value is -3.43. The summed E-state index contributed by atoms with van der Waals surface area (Å²) in [5.41, 5.74) is 2.76. The topological polar surface area (TPSA) is 82.6 Å². The third-order valence-corrected chi connectivity index (χ3v) is 8.20. The summed E-state index contributed by atoms with van der Waals surface area (Å²) in [6, 6.07) is 29.9. The molecule has 202 valence electrons. The van der Waals surface area contributed by atoms with Crippen molar-refractivity contribution >= 4 is 11.8 Å². The molecule has 1 fully saturated rings. The van der Waals surface area contributed by atoms with Crippen LogP contribution in [0.25, 0.3) is 0 Å². The molecule has 0 bridgehead atoms. The molecule has 3 aromatic carbocycles. The van der Waals surface area contributed by atoms with Crippen molar-refractivity contribution < 1.29 is 14.2 Å². The molecule has 8 heteroatoms. The van der Waals surface area contributed by atoms with E-state index in [0.29, 0.717) is 32.0 Å². The lowest BCUT2D eigenvalue weighted by atomic mass is 10.1. The summed E-state index contributed by atoms with van der Waals surface area (Å²) >= 11 is 1.58. The first kappa shape index (κ1) is 27.1. The SMILES string of the molecule is Cc1cn([C@H]2S[C@@H](COCc3ccccc3)[C@@H](OCc3ccccc3)[C@H]2OCc2ccccc2)c(=O)[nH]c1=O. The highest BCUT2D eigenvalue weighted by atomic mass is 32.2. The van der Waals surface area contributed by atoms with Gasteiger partial charge in [0.05, 0.1) is 31.7 Å². The molecule has 1 aromatic heterocycles. The number of thioether (sulfide) groups is 1. The first-order chi connectivity index (χ1) is 19.1. The van der Waals surface area contributed by atoms with Crippen LogP contribution in [0.15, 0.2) is 107 Å². The standard InChI is InChI=1S/C31H32N2O5S/c1-22-17-33(31(35)32-29(22)34)30-28(38-20-25-15-9-4-10-16-25)27(37-19-24-13-7-3-8-14-24)26(39-30)21-36-18-23-11-5-2-6-12-23/h2-17,26-28,30H,18-21H2,1H3,(H,32,34,35)/t26-,27+,28+,30-/m0/s1. The first-order valence-electron chi connectivity index (χ1n) is 13.0. The summed E-state index contributed by atoms with van der Waals surface area (Å²) in [6.45, 7) is 3.35. The molecule has 0 radical (unpaired) electrons. The summed E-state index contributed by atoms with van der Waals surface area (Å²) in [4.78, 5) is 27.5. The second-order valence-corrected chi connectivity index (χ2v) is 10.9. The Balaban J connectivity index is 1.43. The predicted octanol–water partition coefficient (Wildman–Crippen LogP) is 4.85. The fourth-order valence-electron chi connectivity index (χ4n) is 4.62. The molecule has 2 heterocycles. The van der Waals surface area contributed by atoms with Crippen LogP contribution >= 0.6 is 11.8 Å². The van der Waals surface area contributed by atoms with Crippen LogP contribution in [0.1, 0.15) is 27.6 Å². The maximum Gasteiger partial charge on any atom is 0.329 e. The van der Waals surface area contributed by atoms with Gasteiger partial charge in [-0.05, 0) is 23.6 Å². The van der Waals surface area contributed by atoms with Gasteiger partial charge in [0.25, 0.3) is 5.56 Å². The average molecular weight is 545 g/mol. The molecule has 7 nitrogen and oxygen atoms in total. The third kappa shape index (κ3) is 6.96. The quantitative estimate of drug-likeness (QED) is 0.291. The van der Waals surface area contributed by atoms with Crippen molar-refractivity contribution in [1.29, 1.82) is 0 Å². The first-order valence-corrected chi connectivity index (χ1v) is 13.9. The minimum Gasteiger partial charge on any atom is -0.376 e. The molecular formula is C31H32N2O5S. The lowest BCUT2D eigenvalue weighted by molar-refractivity contribution is -0.0920. The fraction of sp³-hybridized carbons (Fsp3) is 0.290. The smallest absolute Gasteiger partial charge is 0.329 e. The van der Waals surface area contributed by atoms with Gasteiger partial charge in [0.1, 0.15) is 17.6 Å². The van der Waals surface area contributed by atoms with E-state index in [2.05, 4.69) is 4.98 Å². The maximum absolute atomic E-state index is 13.0. The van der Waals surface area contributed by atoms with E-state index in [1.807, 2.05) is 91.0 Å². The Kier molecular flexibility index (Phi) is 9.11. The zero-order chi connectivity index (χ0) is 27.0. The van der Waals surface area contributed by atoms with Gasteiger partial charge in [-0.2, -0.15) is 0 Å². The molecule has 1 aliphatic heterocycles. The zero-order valence-electron chi connectivity index (χ0n) is 21.8. The van der Waals surface area contributed by atoms with Gasteiger partial charge >= 0.3 is 5.69 Å². The summed E-state index contributed by atoms with van der Waals surface area (Å²) < 4.78 is 20.8. The maximum atomic E-state index is 13.0. The Morgan fingerprint density at radius 2 is 1.26 bits per heavy atom. The van der Waals surface area contributed by atoms with Crippen molar-refractivity contribution in [1.82, 2.24) is 9.55 Å². The number of hydrogen-bond donors (Lipinski definition) is 1. The second-order valence-electron chi connectivity index (χ2n) is 9.57. The Bertz CT molecular complexity index is 1440. The van der Waals surface area contributed by atoms with Gasteiger partial charge in [-0.25, -0.2) is 4.79 Å². The van der Waals surface area contributed by atoms with E-state index in [1.165, 1.54) is 0 Å². The van der Waals surface area contributed by atoms with E-state index in [9.17, 15) is 9.59 Å². The molecule has 1 saturated heterocycles. The van der Waals surface area contributed by atoms with Gasteiger partial charge in [0, 0.05) is 11.8 Å². The van der Waals surface area contributed by atoms with Crippen LogP contribution in [-0.2, 0) is 34.0 Å². The van der Waals surface area contributed by atoms with Crippen molar-refractivity contribution in [2.45, 2.75) is 49.6 Å². The summed E-state index contributed by atoms with van der Waals surface area (Å²) in [5, 5.41) is -0.523. The van der Waals surface area contributed by atoms with Crippen molar-refractivity contribution in [3.8, 4) is 0 Å². The van der Waals surface area contributed by atoms with Crippen LogP contribution < -0.4 is 11.2 Å². The van der Waals surface area contributed by atoms with Crippen molar-refractivity contribution in [2.24, 2.45) is 0 Å². The van der Waals surface area contributed by atoms with Gasteiger partial charge in [0.2, 0.25) is 0 Å². The molecule has 1 N–H and O–H groups in total. The number of aromatic nitrogens is 2. The monoisotopic (exact) mass is 544 g/mol. The van der Waals surface area contributed by atoms with Gasteiger partial charge < -0.3 is 14.2 Å². The number of benzene rings is 3. The number of nitrogens with one attached hydrogen (secondary N) is 1. The summed E-state index contributed by atoms with van der Waals surface area (Å²) in [5.74, 6) is 0. The Morgan fingerprint density at radius 3 is 1.82 bits per heavy atom. The molecule has 0 saturated carbocycles. The van der Waals surface area contributed by atoms with E-state index >= 15 is 0 Å². The molecule has 5 rings (SSSR count). The lowest BCUT2D eigenvalue weighted by Gasteiger charge is -2.27. The van der Waals surface area contributed by atoms with Gasteiger partial charge in [-0.3, -0.25) is 14.3 Å². The number of aryl methyl sites for hydroxylation is 1. The number of hydrogen-bond acceptors (Lipinski definition) is 6. The van der Waals surface area contributed by atoms with Gasteiger partial charge in [-0.1, -0.05) is 91.0 Å².